The fourth-order valence-electron chi connectivity index (χ4n) is 2.61. The molecule has 4 heteroatoms. The Morgan fingerprint density at radius 1 is 1.23 bits per heavy atom. The predicted molar refractivity (Wildman–Crippen MR) is 84.1 cm³/mol. The standard InChI is InChI=1S/C18H19NO3/c1-21-16-8-4-7-14(10-16)18(20)19-11-17-9-13-5-2-3-6-15(13)12-22-17/h2-8,10,17H,9,11-12H2,1H3,(H,19,20). The van der Waals surface area contributed by atoms with Crippen LogP contribution in [0.4, 0.5) is 0 Å². The predicted octanol–water partition coefficient (Wildman–Crippen LogP) is 2.57. The maximum atomic E-state index is 12.2. The van der Waals surface area contributed by atoms with E-state index in [2.05, 4.69) is 17.4 Å². The van der Waals surface area contributed by atoms with Crippen LogP contribution in [0.3, 0.4) is 0 Å². The summed E-state index contributed by atoms with van der Waals surface area (Å²) in [7, 11) is 1.59. The Kier molecular flexibility index (Phi) is 4.39. The molecule has 1 atom stereocenters. The molecule has 114 valence electrons. The second kappa shape index (κ2) is 6.62. The fourth-order valence-corrected chi connectivity index (χ4v) is 2.61. The summed E-state index contributed by atoms with van der Waals surface area (Å²) in [6.45, 7) is 1.11. The van der Waals surface area contributed by atoms with Gasteiger partial charge in [0.05, 0.1) is 19.8 Å². The van der Waals surface area contributed by atoms with E-state index >= 15 is 0 Å². The molecule has 1 heterocycles. The molecule has 0 spiro atoms. The minimum Gasteiger partial charge on any atom is -0.497 e. The number of fused-ring (bicyclic) bond motifs is 1. The molecule has 1 aliphatic rings. The van der Waals surface area contributed by atoms with E-state index in [9.17, 15) is 4.79 Å². The number of ether oxygens (including phenoxy) is 2. The summed E-state index contributed by atoms with van der Waals surface area (Å²) in [5, 5.41) is 2.93. The monoisotopic (exact) mass is 297 g/mol. The highest BCUT2D eigenvalue weighted by atomic mass is 16.5. The van der Waals surface area contributed by atoms with Crippen LogP contribution in [0.5, 0.6) is 5.75 Å². The van der Waals surface area contributed by atoms with Gasteiger partial charge in [0.15, 0.2) is 0 Å². The number of carbonyl (C=O) groups excluding carboxylic acids is 1. The van der Waals surface area contributed by atoms with Crippen molar-refractivity contribution in [2.45, 2.75) is 19.1 Å². The first kappa shape index (κ1) is 14.6. The molecule has 0 bridgehead atoms. The largest absolute Gasteiger partial charge is 0.497 e. The molecule has 0 saturated heterocycles. The van der Waals surface area contributed by atoms with Crippen LogP contribution in [-0.2, 0) is 17.8 Å². The van der Waals surface area contributed by atoms with E-state index < -0.39 is 0 Å². The highest BCUT2D eigenvalue weighted by Crippen LogP contribution is 2.20. The molecule has 1 aliphatic heterocycles. The molecule has 1 amide bonds. The zero-order valence-electron chi connectivity index (χ0n) is 12.5. The molecule has 3 rings (SSSR count). The van der Waals surface area contributed by atoms with Crippen LogP contribution in [-0.4, -0.2) is 25.7 Å². The molecule has 4 nitrogen and oxygen atoms in total. The van der Waals surface area contributed by atoms with Crippen molar-refractivity contribution in [2.24, 2.45) is 0 Å². The SMILES string of the molecule is COc1cccc(C(=O)NCC2Cc3ccccc3CO2)c1. The van der Waals surface area contributed by atoms with E-state index in [0.29, 0.717) is 24.5 Å². The quantitative estimate of drug-likeness (QED) is 0.943. The van der Waals surface area contributed by atoms with Gasteiger partial charge in [-0.1, -0.05) is 30.3 Å². The van der Waals surface area contributed by atoms with Gasteiger partial charge in [-0.25, -0.2) is 0 Å². The van der Waals surface area contributed by atoms with Crippen molar-refractivity contribution in [1.82, 2.24) is 5.32 Å². The van der Waals surface area contributed by atoms with Crippen LogP contribution >= 0.6 is 0 Å². The number of carbonyl (C=O) groups is 1. The molecule has 2 aromatic carbocycles. The molecule has 0 saturated carbocycles. The zero-order chi connectivity index (χ0) is 15.4. The highest BCUT2D eigenvalue weighted by molar-refractivity contribution is 5.94. The van der Waals surface area contributed by atoms with Crippen LogP contribution in [0.2, 0.25) is 0 Å². The minimum atomic E-state index is -0.110. The molecular weight excluding hydrogens is 278 g/mol. The Hall–Kier alpha value is -2.33. The average Bonchev–Trinajstić information content (AvgIpc) is 2.59. The van der Waals surface area contributed by atoms with Gasteiger partial charge in [0.2, 0.25) is 0 Å². The Balaban J connectivity index is 1.58. The molecule has 0 aromatic heterocycles. The van der Waals surface area contributed by atoms with Gasteiger partial charge in [-0.2, -0.15) is 0 Å². The fraction of sp³-hybridized carbons (Fsp3) is 0.278. The number of nitrogens with one attached hydrogen (secondary N) is 1. The van der Waals surface area contributed by atoms with E-state index in [1.165, 1.54) is 11.1 Å². The van der Waals surface area contributed by atoms with Gasteiger partial charge in [-0.3, -0.25) is 4.79 Å². The number of amides is 1. The normalized spacial score (nSPS) is 16.7. The van der Waals surface area contributed by atoms with E-state index in [-0.39, 0.29) is 12.0 Å². The summed E-state index contributed by atoms with van der Waals surface area (Å²) in [4.78, 5) is 12.2. The maximum absolute atomic E-state index is 12.2. The summed E-state index contributed by atoms with van der Waals surface area (Å²) in [6.07, 6.45) is 0.846. The second-order valence-corrected chi connectivity index (χ2v) is 5.35. The molecule has 22 heavy (non-hydrogen) atoms. The van der Waals surface area contributed by atoms with Crippen LogP contribution < -0.4 is 10.1 Å². The number of hydrogen-bond donors (Lipinski definition) is 1. The molecule has 0 aliphatic carbocycles. The van der Waals surface area contributed by atoms with Gasteiger partial charge in [0.25, 0.3) is 5.91 Å². The van der Waals surface area contributed by atoms with Crippen molar-refractivity contribution in [3.05, 3.63) is 65.2 Å². The van der Waals surface area contributed by atoms with E-state index in [4.69, 9.17) is 9.47 Å². The summed E-state index contributed by atoms with van der Waals surface area (Å²) >= 11 is 0. The summed E-state index contributed by atoms with van der Waals surface area (Å²) < 4.78 is 10.9. The minimum absolute atomic E-state index is 0.0180. The molecular formula is C18H19NO3. The highest BCUT2D eigenvalue weighted by Gasteiger charge is 2.19. The van der Waals surface area contributed by atoms with Crippen LogP contribution in [0, 0.1) is 0 Å². The van der Waals surface area contributed by atoms with Gasteiger partial charge < -0.3 is 14.8 Å². The third kappa shape index (κ3) is 3.28. The molecule has 0 fully saturated rings. The number of rotatable bonds is 4. The van der Waals surface area contributed by atoms with Crippen molar-refractivity contribution < 1.29 is 14.3 Å². The van der Waals surface area contributed by atoms with E-state index in [0.717, 1.165) is 6.42 Å². The third-order valence-electron chi connectivity index (χ3n) is 3.86. The number of methoxy groups -OCH3 is 1. The summed E-state index contributed by atoms with van der Waals surface area (Å²) in [6, 6.07) is 15.4. The Morgan fingerprint density at radius 2 is 2.05 bits per heavy atom. The second-order valence-electron chi connectivity index (χ2n) is 5.35. The molecule has 2 aromatic rings. The summed E-state index contributed by atoms with van der Waals surface area (Å²) in [5.41, 5.74) is 3.13. The topological polar surface area (TPSA) is 47.6 Å². The van der Waals surface area contributed by atoms with E-state index in [1.54, 1.807) is 25.3 Å². The first-order valence-corrected chi connectivity index (χ1v) is 7.37. The average molecular weight is 297 g/mol. The van der Waals surface area contributed by atoms with Crippen molar-refractivity contribution in [3.8, 4) is 5.75 Å². The van der Waals surface area contributed by atoms with Gasteiger partial charge in [-0.05, 0) is 29.3 Å². The van der Waals surface area contributed by atoms with Crippen molar-refractivity contribution >= 4 is 5.91 Å². The Bertz CT molecular complexity index is 669. The number of benzene rings is 2. The van der Waals surface area contributed by atoms with Crippen molar-refractivity contribution in [3.63, 3.8) is 0 Å². The molecule has 1 unspecified atom stereocenters. The third-order valence-corrected chi connectivity index (χ3v) is 3.86. The van der Waals surface area contributed by atoms with Crippen LogP contribution in [0.25, 0.3) is 0 Å². The molecule has 0 radical (unpaired) electrons. The lowest BCUT2D eigenvalue weighted by Crippen LogP contribution is -2.36. The first-order chi connectivity index (χ1) is 10.8. The van der Waals surface area contributed by atoms with Crippen molar-refractivity contribution in [2.75, 3.05) is 13.7 Å². The van der Waals surface area contributed by atoms with Crippen LogP contribution in [0.15, 0.2) is 48.5 Å². The summed E-state index contributed by atoms with van der Waals surface area (Å²) in [5.74, 6) is 0.567. The van der Waals surface area contributed by atoms with Gasteiger partial charge >= 0.3 is 0 Å². The lowest BCUT2D eigenvalue weighted by atomic mass is 9.99. The number of hydrogen-bond acceptors (Lipinski definition) is 3. The zero-order valence-corrected chi connectivity index (χ0v) is 12.5. The van der Waals surface area contributed by atoms with Crippen molar-refractivity contribution in [1.29, 1.82) is 0 Å². The smallest absolute Gasteiger partial charge is 0.251 e. The molecule has 1 N–H and O–H groups in total. The Labute approximate surface area is 130 Å². The van der Waals surface area contributed by atoms with Gasteiger partial charge in [-0.15, -0.1) is 0 Å². The first-order valence-electron chi connectivity index (χ1n) is 7.37. The Morgan fingerprint density at radius 3 is 2.86 bits per heavy atom. The maximum Gasteiger partial charge on any atom is 0.251 e. The van der Waals surface area contributed by atoms with E-state index in [1.807, 2.05) is 18.2 Å². The van der Waals surface area contributed by atoms with Gasteiger partial charge in [0, 0.05) is 18.5 Å². The lowest BCUT2D eigenvalue weighted by Gasteiger charge is -2.25. The van der Waals surface area contributed by atoms with Gasteiger partial charge in [0.1, 0.15) is 5.75 Å². The lowest BCUT2D eigenvalue weighted by molar-refractivity contribution is 0.0285. The van der Waals surface area contributed by atoms with Crippen LogP contribution in [0.1, 0.15) is 21.5 Å².